The van der Waals surface area contributed by atoms with Gasteiger partial charge in [-0.05, 0) is 0 Å². The van der Waals surface area contributed by atoms with Gasteiger partial charge in [0.2, 0.25) is 0 Å². The van der Waals surface area contributed by atoms with E-state index in [1.807, 2.05) is 6.07 Å². The van der Waals surface area contributed by atoms with E-state index < -0.39 is 0 Å². The lowest BCUT2D eigenvalue weighted by molar-refractivity contribution is 0.265. The van der Waals surface area contributed by atoms with E-state index in [0.717, 1.165) is 0 Å². The van der Waals surface area contributed by atoms with Gasteiger partial charge in [-0.1, -0.05) is 0 Å². The van der Waals surface area contributed by atoms with Crippen LogP contribution in [0.25, 0.3) is 0 Å². The molecule has 4 heteroatoms. The fraction of sp³-hybridized carbons (Fsp3) is 0.429. The predicted molar refractivity (Wildman–Crippen MR) is 38.4 cm³/mol. The Hall–Kier alpha value is -1.34. The van der Waals surface area contributed by atoms with Gasteiger partial charge in [-0.3, -0.25) is 0 Å². The Bertz CT molecular complexity index is 261. The molecule has 0 saturated heterocycles. The maximum Gasteiger partial charge on any atom is 0.134 e. The number of rotatable bonds is 3. The molecule has 0 amide bonds. The SMILES string of the molecule is N#CCCn1ccnc1CO. The third-order valence-electron chi connectivity index (χ3n) is 1.41. The van der Waals surface area contributed by atoms with Crippen LogP contribution in [0.1, 0.15) is 12.2 Å². The summed E-state index contributed by atoms with van der Waals surface area (Å²) in [5, 5.41) is 17.0. The van der Waals surface area contributed by atoms with Crippen molar-refractivity contribution >= 4 is 0 Å². The lowest BCUT2D eigenvalue weighted by Crippen LogP contribution is -2.01. The van der Waals surface area contributed by atoms with E-state index in [2.05, 4.69) is 4.98 Å². The summed E-state index contributed by atoms with van der Waals surface area (Å²) in [7, 11) is 0. The first-order valence-electron chi connectivity index (χ1n) is 3.36. The summed E-state index contributed by atoms with van der Waals surface area (Å²) in [6.07, 6.45) is 3.81. The molecule has 1 rings (SSSR count). The minimum atomic E-state index is -0.0710. The summed E-state index contributed by atoms with van der Waals surface area (Å²) in [6.45, 7) is 0.533. The van der Waals surface area contributed by atoms with E-state index in [4.69, 9.17) is 10.4 Å². The Kier molecular flexibility index (Phi) is 2.64. The third kappa shape index (κ3) is 1.79. The summed E-state index contributed by atoms with van der Waals surface area (Å²) in [4.78, 5) is 3.89. The summed E-state index contributed by atoms with van der Waals surface area (Å²) in [5.74, 6) is 0.611. The summed E-state index contributed by atoms with van der Waals surface area (Å²) in [5.41, 5.74) is 0. The molecule has 0 fully saturated rings. The van der Waals surface area contributed by atoms with Crippen LogP contribution >= 0.6 is 0 Å². The van der Waals surface area contributed by atoms with Gasteiger partial charge in [-0.15, -0.1) is 0 Å². The molecule has 0 aliphatic rings. The van der Waals surface area contributed by atoms with Crippen molar-refractivity contribution in [3.8, 4) is 6.07 Å². The van der Waals surface area contributed by atoms with Gasteiger partial charge in [0.1, 0.15) is 12.4 Å². The fourth-order valence-corrected chi connectivity index (χ4v) is 0.866. The number of nitrogens with zero attached hydrogens (tertiary/aromatic N) is 3. The number of aliphatic hydroxyl groups is 1. The summed E-state index contributed by atoms with van der Waals surface area (Å²) >= 11 is 0. The molecule has 58 valence electrons. The van der Waals surface area contributed by atoms with Crippen LogP contribution in [0.5, 0.6) is 0 Å². The fourth-order valence-electron chi connectivity index (χ4n) is 0.866. The van der Waals surface area contributed by atoms with Crippen LogP contribution in [0, 0.1) is 11.3 Å². The number of hydrogen-bond acceptors (Lipinski definition) is 3. The van der Waals surface area contributed by atoms with Crippen molar-refractivity contribution in [3.63, 3.8) is 0 Å². The second kappa shape index (κ2) is 3.74. The molecule has 11 heavy (non-hydrogen) atoms. The van der Waals surface area contributed by atoms with E-state index in [9.17, 15) is 0 Å². The van der Waals surface area contributed by atoms with Gasteiger partial charge >= 0.3 is 0 Å². The Morgan fingerprint density at radius 1 is 1.73 bits per heavy atom. The van der Waals surface area contributed by atoms with Gasteiger partial charge < -0.3 is 9.67 Å². The number of imidazole rings is 1. The minimum Gasteiger partial charge on any atom is -0.388 e. The van der Waals surface area contributed by atoms with Gasteiger partial charge in [0.05, 0.1) is 12.5 Å². The maximum atomic E-state index is 8.74. The van der Waals surface area contributed by atoms with Crippen LogP contribution < -0.4 is 0 Å². The molecule has 4 nitrogen and oxygen atoms in total. The lowest BCUT2D eigenvalue weighted by Gasteiger charge is -2.00. The predicted octanol–water partition coefficient (Wildman–Crippen LogP) is 0.289. The normalized spacial score (nSPS) is 9.45. The van der Waals surface area contributed by atoms with Gasteiger partial charge in [-0.25, -0.2) is 4.98 Å². The highest BCUT2D eigenvalue weighted by Crippen LogP contribution is 1.97. The van der Waals surface area contributed by atoms with Gasteiger partial charge in [0.25, 0.3) is 0 Å². The number of aliphatic hydroxyl groups excluding tert-OH is 1. The molecular weight excluding hydrogens is 142 g/mol. The summed E-state index contributed by atoms with van der Waals surface area (Å²) < 4.78 is 1.77. The Balaban J connectivity index is 2.62. The molecule has 1 aromatic rings. The first kappa shape index (κ1) is 7.76. The molecular formula is C7H9N3O. The molecule has 1 N–H and O–H groups in total. The highest BCUT2D eigenvalue weighted by Gasteiger charge is 1.98. The van der Waals surface area contributed by atoms with E-state index in [0.29, 0.717) is 18.8 Å². The average Bonchev–Trinajstić information content (AvgIpc) is 2.47. The molecule has 0 unspecified atom stereocenters. The van der Waals surface area contributed by atoms with E-state index in [1.165, 1.54) is 0 Å². The van der Waals surface area contributed by atoms with Gasteiger partial charge in [-0.2, -0.15) is 5.26 Å². The van der Waals surface area contributed by atoms with E-state index in [-0.39, 0.29) is 6.61 Å². The third-order valence-corrected chi connectivity index (χ3v) is 1.41. The largest absolute Gasteiger partial charge is 0.388 e. The highest BCUT2D eigenvalue weighted by atomic mass is 16.3. The van der Waals surface area contributed by atoms with Crippen LogP contribution in [0.15, 0.2) is 12.4 Å². The zero-order valence-corrected chi connectivity index (χ0v) is 6.06. The van der Waals surface area contributed by atoms with Gasteiger partial charge in [0.15, 0.2) is 0 Å². The van der Waals surface area contributed by atoms with Crippen molar-refractivity contribution in [1.29, 1.82) is 5.26 Å². The van der Waals surface area contributed by atoms with E-state index in [1.54, 1.807) is 17.0 Å². The minimum absolute atomic E-state index is 0.0710. The number of nitriles is 1. The molecule has 1 heterocycles. The topological polar surface area (TPSA) is 61.8 Å². The van der Waals surface area contributed by atoms with Crippen molar-refractivity contribution in [3.05, 3.63) is 18.2 Å². The van der Waals surface area contributed by atoms with Crippen molar-refractivity contribution in [1.82, 2.24) is 9.55 Å². The molecule has 0 spiro atoms. The Morgan fingerprint density at radius 3 is 3.18 bits per heavy atom. The molecule has 0 aliphatic carbocycles. The van der Waals surface area contributed by atoms with Crippen molar-refractivity contribution in [2.75, 3.05) is 0 Å². The van der Waals surface area contributed by atoms with Crippen LogP contribution in [0.2, 0.25) is 0 Å². The second-order valence-electron chi connectivity index (χ2n) is 2.10. The standard InChI is InChI=1S/C7H9N3O/c8-2-1-4-10-5-3-9-7(10)6-11/h3,5,11H,1,4,6H2. The van der Waals surface area contributed by atoms with Crippen LogP contribution in [-0.2, 0) is 13.2 Å². The average molecular weight is 151 g/mol. The molecule has 0 radical (unpaired) electrons. The zero-order chi connectivity index (χ0) is 8.10. The van der Waals surface area contributed by atoms with Gasteiger partial charge in [0, 0.05) is 18.9 Å². The van der Waals surface area contributed by atoms with Crippen molar-refractivity contribution < 1.29 is 5.11 Å². The molecule has 1 aromatic heterocycles. The van der Waals surface area contributed by atoms with Crippen LogP contribution in [0.3, 0.4) is 0 Å². The molecule has 0 aromatic carbocycles. The molecule has 0 atom stereocenters. The smallest absolute Gasteiger partial charge is 0.134 e. The Labute approximate surface area is 64.7 Å². The lowest BCUT2D eigenvalue weighted by atomic mass is 10.4. The van der Waals surface area contributed by atoms with Crippen LogP contribution in [0.4, 0.5) is 0 Å². The van der Waals surface area contributed by atoms with Crippen LogP contribution in [-0.4, -0.2) is 14.7 Å². The monoisotopic (exact) mass is 151 g/mol. The molecule has 0 bridgehead atoms. The Morgan fingerprint density at radius 2 is 2.55 bits per heavy atom. The number of aromatic nitrogens is 2. The molecule has 0 saturated carbocycles. The summed E-state index contributed by atoms with van der Waals surface area (Å²) in [6, 6.07) is 2.03. The quantitative estimate of drug-likeness (QED) is 0.675. The van der Waals surface area contributed by atoms with E-state index >= 15 is 0 Å². The van der Waals surface area contributed by atoms with Crippen molar-refractivity contribution in [2.45, 2.75) is 19.6 Å². The zero-order valence-electron chi connectivity index (χ0n) is 6.06. The first-order chi connectivity index (χ1) is 5.38. The maximum absolute atomic E-state index is 8.74. The molecule has 0 aliphatic heterocycles. The second-order valence-corrected chi connectivity index (χ2v) is 2.10. The number of aryl methyl sites for hydroxylation is 1. The highest BCUT2D eigenvalue weighted by molar-refractivity contribution is 4.90. The number of hydrogen-bond donors (Lipinski definition) is 1. The van der Waals surface area contributed by atoms with Crippen molar-refractivity contribution in [2.24, 2.45) is 0 Å². The first-order valence-corrected chi connectivity index (χ1v) is 3.36.